The average Bonchev–Trinajstić information content (AvgIpc) is 3.23. The Kier molecular flexibility index (Phi) is 5.66. The van der Waals surface area contributed by atoms with Gasteiger partial charge in [-0.2, -0.15) is 4.98 Å². The molecule has 5 aromatic rings. The van der Waals surface area contributed by atoms with Crippen LogP contribution in [0.25, 0.3) is 49.8 Å². The number of fused-ring (bicyclic) bond motifs is 1. The molecule has 0 radical (unpaired) electrons. The normalized spacial score (nSPS) is 10.4. The molecule has 0 aliphatic heterocycles. The molecule has 2 heterocycles. The second-order valence-electron chi connectivity index (χ2n) is 6.66. The third kappa shape index (κ3) is 3.86. The molecule has 1 N–H and O–H groups in total. The molecule has 3 aromatic carbocycles. The minimum absolute atomic E-state index is 0. The topological polar surface area (TPSA) is 63.5 Å². The first kappa shape index (κ1) is 20.5. The van der Waals surface area contributed by atoms with Crippen molar-refractivity contribution in [3.05, 3.63) is 96.3 Å². The monoisotopic (exact) mass is 583 g/mol. The van der Waals surface area contributed by atoms with Crippen LogP contribution in [0, 0.1) is 12.6 Å². The summed E-state index contributed by atoms with van der Waals surface area (Å²) in [6.45, 7) is 7.17. The number of oxazole rings is 1. The second-order valence-corrected chi connectivity index (χ2v) is 6.66. The number of para-hydroxylation sites is 2. The van der Waals surface area contributed by atoms with Gasteiger partial charge in [-0.1, -0.05) is 48.0 Å². The van der Waals surface area contributed by atoms with Crippen molar-refractivity contribution in [3.8, 4) is 39.6 Å². The quantitative estimate of drug-likeness (QED) is 0.254. The molecule has 0 unspecified atom stereocenters. The van der Waals surface area contributed by atoms with Crippen LogP contribution >= 0.6 is 0 Å². The second kappa shape index (κ2) is 8.55. The van der Waals surface area contributed by atoms with E-state index in [-0.39, 0.29) is 26.8 Å². The fourth-order valence-electron chi connectivity index (χ4n) is 3.35. The standard InChI is InChI=1S/C25H14N3O2.Pt/c1-26-23-14-6-11-20(27-23)17-8-4-7-16(15-17)18-10-5-13-22-24(18)28-25(30-22)19-9-2-3-12-21(19)29;/h2-14,29H;/q-1;. The molecule has 152 valence electrons. The molecule has 0 atom stereocenters. The molecule has 5 rings (SSSR count). The number of phenols is 1. The van der Waals surface area contributed by atoms with Crippen LogP contribution < -0.4 is 0 Å². The van der Waals surface area contributed by atoms with Crippen molar-refractivity contribution in [2.45, 2.75) is 0 Å². The van der Waals surface area contributed by atoms with Crippen LogP contribution in [0.3, 0.4) is 0 Å². The number of benzene rings is 3. The summed E-state index contributed by atoms with van der Waals surface area (Å²) in [6, 6.07) is 27.2. The molecule has 5 nitrogen and oxygen atoms in total. The van der Waals surface area contributed by atoms with Gasteiger partial charge in [0.05, 0.1) is 16.8 Å². The minimum atomic E-state index is 0. The van der Waals surface area contributed by atoms with E-state index in [1.165, 1.54) is 0 Å². The predicted octanol–water partition coefficient (Wildman–Crippen LogP) is 6.28. The zero-order chi connectivity index (χ0) is 20.5. The van der Waals surface area contributed by atoms with Crippen molar-refractivity contribution >= 4 is 16.9 Å². The molecule has 2 aromatic heterocycles. The smallest absolute Gasteiger partial charge is 0.262 e. The fourth-order valence-corrected chi connectivity index (χ4v) is 3.35. The van der Waals surface area contributed by atoms with Crippen LogP contribution in [0.5, 0.6) is 5.75 Å². The predicted molar refractivity (Wildman–Crippen MR) is 115 cm³/mol. The zero-order valence-electron chi connectivity index (χ0n) is 16.0. The number of aromatic hydroxyl groups is 1. The Hall–Kier alpha value is -3.74. The fraction of sp³-hybridized carbons (Fsp3) is 0. The van der Waals surface area contributed by atoms with Crippen molar-refractivity contribution in [1.82, 2.24) is 9.97 Å². The molecule has 0 amide bonds. The summed E-state index contributed by atoms with van der Waals surface area (Å²) < 4.78 is 5.91. The summed E-state index contributed by atoms with van der Waals surface area (Å²) in [5.74, 6) is 0.820. The number of nitrogens with zero attached hydrogens (tertiary/aromatic N) is 3. The molecule has 0 aliphatic carbocycles. The first-order valence-electron chi connectivity index (χ1n) is 9.28. The van der Waals surface area contributed by atoms with Crippen LogP contribution in [0.2, 0.25) is 0 Å². The van der Waals surface area contributed by atoms with E-state index in [2.05, 4.69) is 20.9 Å². The van der Waals surface area contributed by atoms with Crippen LogP contribution in [0.1, 0.15) is 0 Å². The van der Waals surface area contributed by atoms with Crippen molar-refractivity contribution in [2.75, 3.05) is 0 Å². The van der Waals surface area contributed by atoms with Crippen molar-refractivity contribution in [3.63, 3.8) is 0 Å². The SMILES string of the molecule is [C-]#[N+]c1cccc(-c2[c-]c(-c3cccc4oc(-c5ccccc5O)nc34)ccc2)n1.[Pt]. The number of aromatic nitrogens is 2. The molecule has 0 saturated heterocycles. The molecule has 0 bridgehead atoms. The van der Waals surface area contributed by atoms with Gasteiger partial charge in [-0.3, -0.25) is 0 Å². The van der Waals surface area contributed by atoms with E-state index in [9.17, 15) is 5.11 Å². The Labute approximate surface area is 193 Å². The molecule has 0 spiro atoms. The van der Waals surface area contributed by atoms with Crippen LogP contribution in [-0.2, 0) is 21.1 Å². The van der Waals surface area contributed by atoms with E-state index in [1.807, 2.05) is 54.6 Å². The number of rotatable bonds is 3. The van der Waals surface area contributed by atoms with Crippen molar-refractivity contribution < 1.29 is 30.6 Å². The number of hydrogen-bond donors (Lipinski definition) is 1. The van der Waals surface area contributed by atoms with Gasteiger partial charge in [-0.05, 0) is 30.3 Å². The summed E-state index contributed by atoms with van der Waals surface area (Å²) in [7, 11) is 0. The van der Waals surface area contributed by atoms with E-state index in [1.54, 1.807) is 24.3 Å². The maximum Gasteiger partial charge on any atom is 0.262 e. The van der Waals surface area contributed by atoms with Gasteiger partial charge >= 0.3 is 0 Å². The summed E-state index contributed by atoms with van der Waals surface area (Å²) in [5, 5.41) is 10.1. The molecule has 31 heavy (non-hydrogen) atoms. The van der Waals surface area contributed by atoms with Gasteiger partial charge in [0, 0.05) is 21.1 Å². The summed E-state index contributed by atoms with van der Waals surface area (Å²) in [4.78, 5) is 12.4. The van der Waals surface area contributed by atoms with Gasteiger partial charge in [0.25, 0.3) is 5.82 Å². The summed E-state index contributed by atoms with van der Waals surface area (Å²) in [6.07, 6.45) is 0. The maximum atomic E-state index is 10.1. The van der Waals surface area contributed by atoms with E-state index in [4.69, 9.17) is 11.0 Å². The Morgan fingerprint density at radius 2 is 1.55 bits per heavy atom. The van der Waals surface area contributed by atoms with Crippen LogP contribution in [-0.4, -0.2) is 15.1 Å². The molecule has 0 saturated carbocycles. The third-order valence-electron chi connectivity index (χ3n) is 4.76. The molecule has 0 aliphatic rings. The number of pyridine rings is 1. The zero-order valence-corrected chi connectivity index (χ0v) is 18.3. The maximum absolute atomic E-state index is 10.1. The summed E-state index contributed by atoms with van der Waals surface area (Å²) in [5.41, 5.74) is 5.03. The van der Waals surface area contributed by atoms with Crippen LogP contribution in [0.4, 0.5) is 5.82 Å². The van der Waals surface area contributed by atoms with E-state index < -0.39 is 0 Å². The van der Waals surface area contributed by atoms with Gasteiger partial charge in [-0.15, -0.1) is 29.8 Å². The molecule has 6 heteroatoms. The first-order valence-corrected chi connectivity index (χ1v) is 9.28. The van der Waals surface area contributed by atoms with Crippen molar-refractivity contribution in [2.24, 2.45) is 0 Å². The van der Waals surface area contributed by atoms with E-state index in [0.717, 1.165) is 16.7 Å². The Morgan fingerprint density at radius 1 is 0.806 bits per heavy atom. The third-order valence-corrected chi connectivity index (χ3v) is 4.76. The van der Waals surface area contributed by atoms with Gasteiger partial charge in [0.1, 0.15) is 11.3 Å². The summed E-state index contributed by atoms with van der Waals surface area (Å²) >= 11 is 0. The van der Waals surface area contributed by atoms with Crippen LogP contribution in [0.15, 0.2) is 83.3 Å². The van der Waals surface area contributed by atoms with Gasteiger partial charge < -0.3 is 14.4 Å². The number of phenolic OH excluding ortho intramolecular Hbond substituents is 1. The molecular formula is C25H14N3O2Pt-. The van der Waals surface area contributed by atoms with Crippen molar-refractivity contribution in [1.29, 1.82) is 0 Å². The first-order chi connectivity index (χ1) is 14.7. The van der Waals surface area contributed by atoms with E-state index in [0.29, 0.717) is 34.1 Å². The number of hydrogen-bond acceptors (Lipinski definition) is 4. The minimum Gasteiger partial charge on any atom is -0.507 e. The Bertz CT molecular complexity index is 1440. The van der Waals surface area contributed by atoms with E-state index >= 15 is 0 Å². The molecule has 0 fully saturated rings. The average molecular weight is 583 g/mol. The van der Waals surface area contributed by atoms with Gasteiger partial charge in [0.15, 0.2) is 0 Å². The Morgan fingerprint density at radius 3 is 2.39 bits per heavy atom. The van der Waals surface area contributed by atoms with Gasteiger partial charge in [-0.25, -0.2) is 4.98 Å². The van der Waals surface area contributed by atoms with Gasteiger partial charge in [0.2, 0.25) is 5.89 Å². The Balaban J connectivity index is 0.00000231. The largest absolute Gasteiger partial charge is 0.507 e. The molecular weight excluding hydrogens is 569 g/mol.